The van der Waals surface area contributed by atoms with Crippen LogP contribution < -0.4 is 5.32 Å². The third-order valence-corrected chi connectivity index (χ3v) is 6.67. The number of nitrogens with zero attached hydrogens (tertiary/aromatic N) is 2. The Kier molecular flexibility index (Phi) is 5.38. The van der Waals surface area contributed by atoms with Crippen molar-refractivity contribution < 1.29 is 13.2 Å². The van der Waals surface area contributed by atoms with Crippen molar-refractivity contribution in [3.63, 3.8) is 0 Å². The fourth-order valence-corrected chi connectivity index (χ4v) is 5.31. The fraction of sp³-hybridized carbons (Fsp3) is 0.647. The summed E-state index contributed by atoms with van der Waals surface area (Å²) in [5.41, 5.74) is 0.917. The van der Waals surface area contributed by atoms with Crippen LogP contribution in [0.4, 0.5) is 4.79 Å². The molecule has 0 spiro atoms. The van der Waals surface area contributed by atoms with Crippen LogP contribution in [0.3, 0.4) is 0 Å². The molecule has 1 atom stereocenters. The maximum absolute atomic E-state index is 12.8. The third-order valence-electron chi connectivity index (χ3n) is 4.92. The van der Waals surface area contributed by atoms with E-state index in [1.165, 1.54) is 6.42 Å². The van der Waals surface area contributed by atoms with Crippen molar-refractivity contribution in [3.8, 4) is 0 Å². The van der Waals surface area contributed by atoms with Gasteiger partial charge in [-0.25, -0.2) is 13.2 Å². The van der Waals surface area contributed by atoms with Gasteiger partial charge in [0.25, 0.3) is 0 Å². The van der Waals surface area contributed by atoms with Crippen LogP contribution in [0, 0.1) is 0 Å². The molecule has 24 heavy (non-hydrogen) atoms. The highest BCUT2D eigenvalue weighted by Gasteiger charge is 2.35. The van der Waals surface area contributed by atoms with Crippen LogP contribution in [-0.4, -0.2) is 47.9 Å². The second-order valence-electron chi connectivity index (χ2n) is 6.83. The molecule has 132 valence electrons. The highest BCUT2D eigenvalue weighted by Crippen LogP contribution is 2.22. The maximum atomic E-state index is 12.8. The first-order valence-electron chi connectivity index (χ1n) is 8.70. The second-order valence-corrected chi connectivity index (χ2v) is 9.06. The molecule has 6 nitrogen and oxygen atoms in total. The molecule has 1 aromatic rings. The standard InChI is InChI=1S/C17H25N3O3S/c21-17(19-15-6-2-1-3-7-15)20(12-14-5-4-9-18-11-14)16-8-10-24(22,23)13-16/h4-5,9,11,15-16H,1-3,6-8,10,12-13H2,(H,19,21). The van der Waals surface area contributed by atoms with Crippen molar-refractivity contribution in [2.45, 2.75) is 57.2 Å². The van der Waals surface area contributed by atoms with E-state index in [0.717, 1.165) is 31.2 Å². The number of urea groups is 1. The van der Waals surface area contributed by atoms with E-state index in [-0.39, 0.29) is 29.6 Å². The molecule has 1 aliphatic carbocycles. The first kappa shape index (κ1) is 17.2. The zero-order valence-electron chi connectivity index (χ0n) is 13.9. The summed E-state index contributed by atoms with van der Waals surface area (Å²) in [5, 5.41) is 3.12. The molecule has 2 aliphatic rings. The Morgan fingerprint density at radius 2 is 2.04 bits per heavy atom. The van der Waals surface area contributed by atoms with Crippen molar-refractivity contribution in [1.29, 1.82) is 0 Å². The molecule has 1 saturated heterocycles. The van der Waals surface area contributed by atoms with Crippen molar-refractivity contribution in [2.24, 2.45) is 0 Å². The molecule has 1 aromatic heterocycles. The van der Waals surface area contributed by atoms with Gasteiger partial charge in [0, 0.05) is 31.0 Å². The molecule has 0 radical (unpaired) electrons. The normalized spacial score (nSPS) is 23.8. The number of rotatable bonds is 4. The quantitative estimate of drug-likeness (QED) is 0.901. The molecule has 0 bridgehead atoms. The zero-order valence-corrected chi connectivity index (χ0v) is 14.7. The summed E-state index contributed by atoms with van der Waals surface area (Å²) in [6, 6.07) is 3.56. The smallest absolute Gasteiger partial charge is 0.318 e. The van der Waals surface area contributed by atoms with E-state index < -0.39 is 9.84 Å². The number of carbonyl (C=O) groups excluding carboxylic acids is 1. The molecule has 2 heterocycles. The van der Waals surface area contributed by atoms with Crippen LogP contribution in [0.2, 0.25) is 0 Å². The number of hydrogen-bond acceptors (Lipinski definition) is 4. The van der Waals surface area contributed by atoms with E-state index in [1.54, 1.807) is 17.3 Å². The van der Waals surface area contributed by atoms with Crippen molar-refractivity contribution >= 4 is 15.9 Å². The van der Waals surface area contributed by atoms with E-state index in [2.05, 4.69) is 10.3 Å². The Morgan fingerprint density at radius 3 is 2.67 bits per heavy atom. The highest BCUT2D eigenvalue weighted by atomic mass is 32.2. The van der Waals surface area contributed by atoms with Crippen LogP contribution in [0.1, 0.15) is 44.1 Å². The SMILES string of the molecule is O=C(NC1CCCCC1)N(Cc1cccnc1)C1CCS(=O)(=O)C1. The lowest BCUT2D eigenvalue weighted by Gasteiger charge is -2.31. The predicted octanol–water partition coefficient (Wildman–Crippen LogP) is 2.11. The molecule has 1 saturated carbocycles. The van der Waals surface area contributed by atoms with Crippen LogP contribution in [0.15, 0.2) is 24.5 Å². The number of aromatic nitrogens is 1. The second kappa shape index (κ2) is 7.51. The number of sulfone groups is 1. The molecule has 2 fully saturated rings. The van der Waals surface area contributed by atoms with E-state index in [9.17, 15) is 13.2 Å². The summed E-state index contributed by atoms with van der Waals surface area (Å²) >= 11 is 0. The molecule has 7 heteroatoms. The first-order valence-corrected chi connectivity index (χ1v) is 10.5. The van der Waals surface area contributed by atoms with Gasteiger partial charge in [0.2, 0.25) is 0 Å². The average molecular weight is 351 g/mol. The first-order chi connectivity index (χ1) is 11.5. The van der Waals surface area contributed by atoms with E-state index in [1.807, 2.05) is 12.1 Å². The molecule has 0 aromatic carbocycles. The average Bonchev–Trinajstić information content (AvgIpc) is 2.94. The molecular formula is C17H25N3O3S. The summed E-state index contributed by atoms with van der Waals surface area (Å²) in [5.74, 6) is 0.225. The van der Waals surface area contributed by atoms with Gasteiger partial charge in [0.1, 0.15) is 0 Å². The van der Waals surface area contributed by atoms with Gasteiger partial charge in [-0.05, 0) is 30.9 Å². The summed E-state index contributed by atoms with van der Waals surface area (Å²) in [7, 11) is -3.04. The van der Waals surface area contributed by atoms with Gasteiger partial charge in [-0.15, -0.1) is 0 Å². The molecular weight excluding hydrogens is 326 g/mol. The Hall–Kier alpha value is -1.63. The number of hydrogen-bond donors (Lipinski definition) is 1. The minimum absolute atomic E-state index is 0.0609. The highest BCUT2D eigenvalue weighted by molar-refractivity contribution is 7.91. The summed E-state index contributed by atoms with van der Waals surface area (Å²) in [6.45, 7) is 0.395. The molecule has 1 N–H and O–H groups in total. The third kappa shape index (κ3) is 4.47. The van der Waals surface area contributed by atoms with Crippen LogP contribution in [-0.2, 0) is 16.4 Å². The summed E-state index contributed by atoms with van der Waals surface area (Å²) < 4.78 is 23.7. The Bertz CT molecular complexity index is 657. The van der Waals surface area contributed by atoms with Gasteiger partial charge in [-0.1, -0.05) is 25.3 Å². The van der Waals surface area contributed by atoms with Crippen LogP contribution in [0.25, 0.3) is 0 Å². The maximum Gasteiger partial charge on any atom is 0.318 e. The monoisotopic (exact) mass is 351 g/mol. The summed E-state index contributed by atoms with van der Waals surface area (Å²) in [4.78, 5) is 18.6. The van der Waals surface area contributed by atoms with E-state index in [0.29, 0.717) is 13.0 Å². The Labute approximate surface area is 143 Å². The minimum Gasteiger partial charge on any atom is -0.335 e. The molecule has 3 rings (SSSR count). The van der Waals surface area contributed by atoms with Gasteiger partial charge in [-0.3, -0.25) is 4.98 Å². The zero-order chi connectivity index (χ0) is 17.0. The van der Waals surface area contributed by atoms with Crippen molar-refractivity contribution in [1.82, 2.24) is 15.2 Å². The minimum atomic E-state index is -3.04. The van der Waals surface area contributed by atoms with Gasteiger partial charge >= 0.3 is 6.03 Å². The molecule has 1 aliphatic heterocycles. The lowest BCUT2D eigenvalue weighted by Crippen LogP contribution is -2.49. The van der Waals surface area contributed by atoms with Gasteiger partial charge in [-0.2, -0.15) is 0 Å². The van der Waals surface area contributed by atoms with E-state index >= 15 is 0 Å². The van der Waals surface area contributed by atoms with Gasteiger partial charge in [0.05, 0.1) is 11.5 Å². The Balaban J connectivity index is 1.72. The van der Waals surface area contributed by atoms with Crippen molar-refractivity contribution in [3.05, 3.63) is 30.1 Å². The molecule has 1 unspecified atom stereocenters. The Morgan fingerprint density at radius 1 is 1.25 bits per heavy atom. The lowest BCUT2D eigenvalue weighted by atomic mass is 9.96. The number of nitrogens with one attached hydrogen (secondary N) is 1. The summed E-state index contributed by atoms with van der Waals surface area (Å²) in [6.07, 6.45) is 9.47. The topological polar surface area (TPSA) is 79.4 Å². The fourth-order valence-electron chi connectivity index (χ4n) is 3.58. The van der Waals surface area contributed by atoms with Gasteiger partial charge < -0.3 is 10.2 Å². The predicted molar refractivity (Wildman–Crippen MR) is 92.2 cm³/mol. The number of carbonyl (C=O) groups is 1. The number of amides is 2. The van der Waals surface area contributed by atoms with Crippen LogP contribution in [0.5, 0.6) is 0 Å². The van der Waals surface area contributed by atoms with Gasteiger partial charge in [0.15, 0.2) is 9.84 Å². The van der Waals surface area contributed by atoms with E-state index in [4.69, 9.17) is 0 Å². The number of pyridine rings is 1. The lowest BCUT2D eigenvalue weighted by molar-refractivity contribution is 0.169. The molecule has 2 amide bonds. The van der Waals surface area contributed by atoms with Crippen LogP contribution >= 0.6 is 0 Å². The largest absolute Gasteiger partial charge is 0.335 e. The van der Waals surface area contributed by atoms with Crippen molar-refractivity contribution in [2.75, 3.05) is 11.5 Å².